The summed E-state index contributed by atoms with van der Waals surface area (Å²) in [6, 6.07) is 11.3. The molecule has 3 nitrogen and oxygen atoms in total. The Morgan fingerprint density at radius 3 is 2.59 bits per heavy atom. The van der Waals surface area contributed by atoms with Gasteiger partial charge < -0.3 is 11.8 Å². The van der Waals surface area contributed by atoms with Gasteiger partial charge >= 0.3 is 6.18 Å². The number of hydrogen-bond acceptors (Lipinski definition) is 3. The van der Waals surface area contributed by atoms with E-state index in [0.29, 0.717) is 18.9 Å². The number of piperidine rings is 1. The molecular formula is C20H23F3N3U-. The van der Waals surface area contributed by atoms with Crippen LogP contribution in [0.5, 0.6) is 0 Å². The number of nitrogens with zero attached hydrogens (tertiary/aromatic N) is 3. The van der Waals surface area contributed by atoms with Crippen molar-refractivity contribution in [3.63, 3.8) is 0 Å². The fourth-order valence-electron chi connectivity index (χ4n) is 3.59. The minimum Gasteiger partial charge on any atom is -0.359 e. The Hall–Kier alpha value is -1.06. The maximum Gasteiger partial charge on any atom is 0.433 e. The molecule has 1 aliphatic heterocycles. The zero-order chi connectivity index (χ0) is 18.6. The summed E-state index contributed by atoms with van der Waals surface area (Å²) in [5.41, 5.74) is 0.248. The van der Waals surface area contributed by atoms with E-state index in [-0.39, 0.29) is 36.5 Å². The molecule has 27 heavy (non-hydrogen) atoms. The van der Waals surface area contributed by atoms with Crippen molar-refractivity contribution >= 4 is 5.82 Å². The molecule has 1 fully saturated rings. The molecule has 1 aromatic heterocycles. The predicted octanol–water partition coefficient (Wildman–Crippen LogP) is 4.94. The summed E-state index contributed by atoms with van der Waals surface area (Å²) in [6.45, 7) is 5.72. The Balaban J connectivity index is 0.00000261. The quantitative estimate of drug-likeness (QED) is 0.456. The molecule has 1 aromatic carbocycles. The maximum absolute atomic E-state index is 12.9. The SMILES string of the molecule is [CH2-]C1(CCCc2ccccc2)CCCN(c2cc(C(F)(F)F)ncn2)C1.[U]. The normalized spacial score (nSPS) is 20.2. The van der Waals surface area contributed by atoms with Crippen molar-refractivity contribution in [1.29, 1.82) is 0 Å². The third-order valence-corrected chi connectivity index (χ3v) is 4.94. The van der Waals surface area contributed by atoms with E-state index in [1.54, 1.807) is 0 Å². The summed E-state index contributed by atoms with van der Waals surface area (Å²) in [5, 5.41) is 0. The first-order valence-electron chi connectivity index (χ1n) is 8.89. The largest absolute Gasteiger partial charge is 0.433 e. The molecule has 0 saturated carbocycles. The zero-order valence-corrected chi connectivity index (χ0v) is 19.3. The average molecular weight is 600 g/mol. The number of rotatable bonds is 5. The Morgan fingerprint density at radius 2 is 1.89 bits per heavy atom. The standard InChI is InChI=1S/C20H23F3N3.U/c1-19(10-5-9-16-7-3-2-4-8-16)11-6-12-26(14-19)18-13-17(20(21,22)23)24-15-25-18;/h2-4,7-8,13,15H,1,5-6,9-12,14H2;/q-1;. The number of anilines is 1. The van der Waals surface area contributed by atoms with Crippen molar-refractivity contribution in [3.05, 3.63) is 60.9 Å². The molecule has 1 aliphatic rings. The second-order valence-electron chi connectivity index (χ2n) is 7.12. The Labute approximate surface area is 182 Å². The van der Waals surface area contributed by atoms with E-state index in [1.807, 2.05) is 23.1 Å². The van der Waals surface area contributed by atoms with Crippen LogP contribution < -0.4 is 4.90 Å². The summed E-state index contributed by atoms with van der Waals surface area (Å²) >= 11 is 0. The van der Waals surface area contributed by atoms with Gasteiger partial charge in [0.25, 0.3) is 0 Å². The number of aromatic nitrogens is 2. The van der Waals surface area contributed by atoms with Crippen molar-refractivity contribution in [3.8, 4) is 0 Å². The van der Waals surface area contributed by atoms with Gasteiger partial charge in [-0.25, -0.2) is 9.97 Å². The van der Waals surface area contributed by atoms with Crippen molar-refractivity contribution < 1.29 is 44.3 Å². The minimum absolute atomic E-state index is 0. The van der Waals surface area contributed by atoms with Gasteiger partial charge in [0.15, 0.2) is 0 Å². The summed E-state index contributed by atoms with van der Waals surface area (Å²) in [4.78, 5) is 9.32. The number of hydrogen-bond donors (Lipinski definition) is 0. The van der Waals surface area contributed by atoms with Crippen molar-refractivity contribution in [2.45, 2.75) is 38.3 Å². The molecule has 0 bridgehead atoms. The van der Waals surface area contributed by atoms with Crippen LogP contribution in [0, 0.1) is 43.5 Å². The average Bonchev–Trinajstić information content (AvgIpc) is 2.62. The second-order valence-corrected chi connectivity index (χ2v) is 7.12. The molecular weight excluding hydrogens is 577 g/mol. The summed E-state index contributed by atoms with van der Waals surface area (Å²) in [5.74, 6) is 0.336. The topological polar surface area (TPSA) is 29.0 Å². The van der Waals surface area contributed by atoms with Crippen LogP contribution in [0.25, 0.3) is 0 Å². The number of alkyl halides is 3. The van der Waals surface area contributed by atoms with Gasteiger partial charge in [0.1, 0.15) is 17.8 Å². The van der Waals surface area contributed by atoms with Crippen LogP contribution in [0.3, 0.4) is 0 Å². The zero-order valence-electron chi connectivity index (χ0n) is 15.2. The van der Waals surface area contributed by atoms with Crippen LogP contribution in [0.1, 0.15) is 36.9 Å². The van der Waals surface area contributed by atoms with Crippen LogP contribution in [-0.2, 0) is 12.6 Å². The monoisotopic (exact) mass is 600 g/mol. The van der Waals surface area contributed by atoms with Crippen LogP contribution >= 0.6 is 0 Å². The Kier molecular flexibility index (Phi) is 7.76. The molecule has 0 amide bonds. The molecule has 1 atom stereocenters. The summed E-state index contributed by atoms with van der Waals surface area (Å²) in [6.07, 6.45) is 1.37. The van der Waals surface area contributed by atoms with E-state index >= 15 is 0 Å². The third kappa shape index (κ3) is 6.22. The Bertz CT molecular complexity index is 724. The number of aryl methyl sites for hydroxylation is 1. The van der Waals surface area contributed by atoms with Crippen LogP contribution in [0.15, 0.2) is 42.7 Å². The third-order valence-electron chi connectivity index (χ3n) is 4.94. The maximum atomic E-state index is 12.9. The van der Waals surface area contributed by atoms with Crippen LogP contribution in [0.4, 0.5) is 19.0 Å². The first-order chi connectivity index (χ1) is 12.4. The summed E-state index contributed by atoms with van der Waals surface area (Å²) in [7, 11) is 0. The van der Waals surface area contributed by atoms with Gasteiger partial charge in [-0.1, -0.05) is 49.6 Å². The smallest absolute Gasteiger partial charge is 0.359 e. The van der Waals surface area contributed by atoms with Gasteiger partial charge in [-0.2, -0.15) is 13.2 Å². The molecule has 7 heteroatoms. The second kappa shape index (κ2) is 9.43. The predicted molar refractivity (Wildman–Crippen MR) is 95.7 cm³/mol. The Morgan fingerprint density at radius 1 is 1.15 bits per heavy atom. The minimum atomic E-state index is -4.45. The van der Waals surface area contributed by atoms with Gasteiger partial charge in [-0.3, -0.25) is 0 Å². The molecule has 144 valence electrons. The molecule has 2 heterocycles. The fraction of sp³-hybridized carbons (Fsp3) is 0.450. The molecule has 3 rings (SSSR count). The van der Waals surface area contributed by atoms with E-state index in [4.69, 9.17) is 0 Å². The van der Waals surface area contributed by atoms with Crippen molar-refractivity contribution in [2.24, 2.45) is 5.41 Å². The van der Waals surface area contributed by atoms with Crippen LogP contribution in [0.2, 0.25) is 0 Å². The van der Waals surface area contributed by atoms with Crippen molar-refractivity contribution in [2.75, 3.05) is 18.0 Å². The van der Waals surface area contributed by atoms with Crippen LogP contribution in [-0.4, -0.2) is 23.1 Å². The molecule has 0 spiro atoms. The van der Waals surface area contributed by atoms with E-state index in [1.165, 1.54) is 5.56 Å². The summed E-state index contributed by atoms with van der Waals surface area (Å²) < 4.78 is 38.7. The first kappa shape index (κ1) is 22.2. The fourth-order valence-corrected chi connectivity index (χ4v) is 3.59. The van der Waals surface area contributed by atoms with Gasteiger partial charge in [0, 0.05) is 43.7 Å². The van der Waals surface area contributed by atoms with Gasteiger partial charge in [-0.05, 0) is 24.9 Å². The first-order valence-corrected chi connectivity index (χ1v) is 8.89. The molecule has 0 radical (unpaired) electrons. The molecule has 0 N–H and O–H groups in total. The van der Waals surface area contributed by atoms with Gasteiger partial charge in [0.2, 0.25) is 0 Å². The number of benzene rings is 1. The van der Waals surface area contributed by atoms with E-state index in [9.17, 15) is 13.2 Å². The van der Waals surface area contributed by atoms with Gasteiger partial charge in [0.05, 0.1) is 0 Å². The van der Waals surface area contributed by atoms with Gasteiger partial charge in [-0.15, -0.1) is 5.41 Å². The molecule has 1 unspecified atom stereocenters. The van der Waals surface area contributed by atoms with E-state index in [0.717, 1.165) is 44.5 Å². The van der Waals surface area contributed by atoms with E-state index in [2.05, 4.69) is 29.0 Å². The molecule has 2 aromatic rings. The molecule has 0 aliphatic carbocycles. The molecule has 1 saturated heterocycles. The number of halogens is 3. The van der Waals surface area contributed by atoms with E-state index < -0.39 is 11.9 Å². The van der Waals surface area contributed by atoms with Crippen molar-refractivity contribution in [1.82, 2.24) is 9.97 Å².